The minimum atomic E-state index is -0.944. The van der Waals surface area contributed by atoms with Gasteiger partial charge in [-0.05, 0) is 60.3 Å². The number of thioether (sulfide) groups is 1. The van der Waals surface area contributed by atoms with Gasteiger partial charge in [0.25, 0.3) is 11.8 Å². The van der Waals surface area contributed by atoms with Crippen molar-refractivity contribution in [3.63, 3.8) is 0 Å². The third-order valence-electron chi connectivity index (χ3n) is 3.88. The van der Waals surface area contributed by atoms with Crippen molar-refractivity contribution in [2.75, 3.05) is 6.61 Å². The molecule has 2 aromatic rings. The van der Waals surface area contributed by atoms with E-state index in [9.17, 15) is 18.8 Å². The molecule has 7 nitrogen and oxygen atoms in total. The number of ether oxygens (including phenoxy) is 1. The highest BCUT2D eigenvalue weighted by atomic mass is 32.2. The van der Waals surface area contributed by atoms with Gasteiger partial charge in [-0.15, -0.1) is 0 Å². The number of hydrogen-bond acceptors (Lipinski definition) is 6. The van der Waals surface area contributed by atoms with Crippen LogP contribution in [0.4, 0.5) is 4.39 Å². The van der Waals surface area contributed by atoms with Crippen LogP contribution in [0.2, 0.25) is 0 Å². The van der Waals surface area contributed by atoms with E-state index in [1.54, 1.807) is 30.3 Å². The molecule has 1 saturated heterocycles. The summed E-state index contributed by atoms with van der Waals surface area (Å²) in [5.74, 6) is -1.98. The zero-order valence-corrected chi connectivity index (χ0v) is 17.0. The van der Waals surface area contributed by atoms with Gasteiger partial charge < -0.3 is 9.84 Å². The van der Waals surface area contributed by atoms with Crippen LogP contribution in [0.15, 0.2) is 53.4 Å². The Labute approximate surface area is 180 Å². The first-order valence-corrected chi connectivity index (χ1v) is 9.85. The molecule has 0 spiro atoms. The maximum absolute atomic E-state index is 13.0. The summed E-state index contributed by atoms with van der Waals surface area (Å²) >= 11 is 6.21. The number of thiocarbonyl (C=S) groups is 1. The number of halogens is 1. The van der Waals surface area contributed by atoms with E-state index in [0.717, 1.165) is 28.9 Å². The number of aliphatic carboxylic acids is 1. The number of rotatable bonds is 7. The van der Waals surface area contributed by atoms with Crippen molar-refractivity contribution in [3.8, 4) is 5.75 Å². The predicted octanol–water partition coefficient (Wildman–Crippen LogP) is 3.23. The van der Waals surface area contributed by atoms with Crippen molar-refractivity contribution in [2.24, 2.45) is 0 Å². The molecule has 0 aromatic heterocycles. The average molecular weight is 446 g/mol. The van der Waals surface area contributed by atoms with Crippen LogP contribution in [-0.4, -0.2) is 38.8 Å². The van der Waals surface area contributed by atoms with E-state index in [-0.39, 0.29) is 22.9 Å². The van der Waals surface area contributed by atoms with Gasteiger partial charge in [0.15, 0.2) is 4.32 Å². The summed E-state index contributed by atoms with van der Waals surface area (Å²) in [4.78, 5) is 35.7. The van der Waals surface area contributed by atoms with Crippen LogP contribution >= 0.6 is 24.0 Å². The van der Waals surface area contributed by atoms with Crippen LogP contribution in [0.1, 0.15) is 22.3 Å². The van der Waals surface area contributed by atoms with Crippen LogP contribution in [0, 0.1) is 5.82 Å². The first-order chi connectivity index (χ1) is 14.3. The maximum atomic E-state index is 13.0. The Morgan fingerprint density at radius 1 is 1.17 bits per heavy atom. The lowest BCUT2D eigenvalue weighted by Gasteiger charge is -2.15. The van der Waals surface area contributed by atoms with Crippen LogP contribution in [-0.2, 0) is 9.59 Å². The quantitative estimate of drug-likeness (QED) is 0.498. The molecule has 30 heavy (non-hydrogen) atoms. The molecule has 0 saturated carbocycles. The van der Waals surface area contributed by atoms with E-state index < -0.39 is 23.6 Å². The largest absolute Gasteiger partial charge is 0.493 e. The van der Waals surface area contributed by atoms with Gasteiger partial charge in [0.2, 0.25) is 0 Å². The lowest BCUT2D eigenvalue weighted by molar-refractivity contribution is -0.137. The average Bonchev–Trinajstić information content (AvgIpc) is 2.97. The van der Waals surface area contributed by atoms with Crippen molar-refractivity contribution >= 4 is 52.2 Å². The molecule has 1 aliphatic rings. The Hall–Kier alpha value is -3.24. The summed E-state index contributed by atoms with van der Waals surface area (Å²) in [6, 6.07) is 11.6. The molecule has 1 fully saturated rings. The summed E-state index contributed by atoms with van der Waals surface area (Å²) in [6.07, 6.45) is 1.51. The lowest BCUT2D eigenvalue weighted by Crippen LogP contribution is -2.44. The summed E-state index contributed by atoms with van der Waals surface area (Å²) < 4.78 is 18.5. The highest BCUT2D eigenvalue weighted by Crippen LogP contribution is 2.31. The minimum absolute atomic E-state index is 0.0566. The number of amides is 2. The number of nitrogens with one attached hydrogen (secondary N) is 1. The van der Waals surface area contributed by atoms with Crippen molar-refractivity contribution in [2.45, 2.75) is 6.42 Å². The van der Waals surface area contributed by atoms with E-state index in [0.29, 0.717) is 16.2 Å². The van der Waals surface area contributed by atoms with Crippen molar-refractivity contribution in [1.29, 1.82) is 0 Å². The monoisotopic (exact) mass is 446 g/mol. The van der Waals surface area contributed by atoms with Gasteiger partial charge in [0, 0.05) is 5.56 Å². The molecule has 2 amide bonds. The van der Waals surface area contributed by atoms with Gasteiger partial charge in [0.1, 0.15) is 11.6 Å². The van der Waals surface area contributed by atoms with Crippen molar-refractivity contribution in [3.05, 3.63) is 70.4 Å². The highest BCUT2D eigenvalue weighted by Gasteiger charge is 2.33. The molecular formula is C20H15FN2O5S2. The molecule has 10 heteroatoms. The van der Waals surface area contributed by atoms with Crippen LogP contribution in [0.3, 0.4) is 0 Å². The van der Waals surface area contributed by atoms with Crippen molar-refractivity contribution < 1.29 is 28.6 Å². The SMILES string of the molecule is O=C(O)CCOc1ccc(/C=C2/SC(=S)N(NC(=O)c3ccc(F)cc3)C2=O)cc1. The van der Waals surface area contributed by atoms with Crippen LogP contribution < -0.4 is 10.2 Å². The van der Waals surface area contributed by atoms with Gasteiger partial charge in [-0.1, -0.05) is 23.9 Å². The standard InChI is InChI=1S/C20H15FN2O5S2/c21-14-5-3-13(4-6-14)18(26)22-23-19(27)16(30-20(23)29)11-12-1-7-15(8-2-12)28-10-9-17(24)25/h1-8,11H,9-10H2,(H,22,26)(H,24,25)/b16-11+. The number of carbonyl (C=O) groups excluding carboxylic acids is 2. The molecule has 1 heterocycles. The van der Waals surface area contributed by atoms with E-state index in [1.165, 1.54) is 12.1 Å². The zero-order chi connectivity index (χ0) is 21.7. The number of benzene rings is 2. The molecule has 0 radical (unpaired) electrons. The predicted molar refractivity (Wildman–Crippen MR) is 113 cm³/mol. The van der Waals surface area contributed by atoms with E-state index >= 15 is 0 Å². The fraction of sp³-hybridized carbons (Fsp3) is 0.100. The normalized spacial score (nSPS) is 14.8. The van der Waals surface area contributed by atoms with Crippen LogP contribution in [0.25, 0.3) is 6.08 Å². The van der Waals surface area contributed by atoms with E-state index in [2.05, 4.69) is 5.43 Å². The summed E-state index contributed by atoms with van der Waals surface area (Å²) in [7, 11) is 0. The van der Waals surface area contributed by atoms with Gasteiger partial charge in [-0.2, -0.15) is 5.01 Å². The Bertz CT molecular complexity index is 1020. The second-order valence-corrected chi connectivity index (χ2v) is 7.70. The number of hydrogen-bond donors (Lipinski definition) is 2. The number of hydrazine groups is 1. The molecule has 0 atom stereocenters. The second-order valence-electron chi connectivity index (χ2n) is 6.03. The fourth-order valence-electron chi connectivity index (χ4n) is 2.40. The Kier molecular flexibility index (Phi) is 6.80. The molecule has 3 rings (SSSR count). The first-order valence-electron chi connectivity index (χ1n) is 8.62. The topological polar surface area (TPSA) is 95.9 Å². The van der Waals surface area contributed by atoms with Gasteiger partial charge in [-0.3, -0.25) is 19.8 Å². The van der Waals surface area contributed by atoms with Gasteiger partial charge in [-0.25, -0.2) is 4.39 Å². The number of carbonyl (C=O) groups is 3. The molecule has 2 aromatic carbocycles. The number of nitrogens with zero attached hydrogens (tertiary/aromatic N) is 1. The van der Waals surface area contributed by atoms with Gasteiger partial charge >= 0.3 is 5.97 Å². The highest BCUT2D eigenvalue weighted by molar-refractivity contribution is 8.26. The summed E-state index contributed by atoms with van der Waals surface area (Å²) in [5, 5.41) is 9.59. The van der Waals surface area contributed by atoms with Crippen molar-refractivity contribution in [1.82, 2.24) is 10.4 Å². The minimum Gasteiger partial charge on any atom is -0.493 e. The molecular weight excluding hydrogens is 431 g/mol. The fourth-order valence-corrected chi connectivity index (χ4v) is 3.58. The maximum Gasteiger partial charge on any atom is 0.306 e. The number of carboxylic acids is 1. The zero-order valence-electron chi connectivity index (χ0n) is 15.3. The molecule has 154 valence electrons. The van der Waals surface area contributed by atoms with Crippen LogP contribution in [0.5, 0.6) is 5.75 Å². The molecule has 0 bridgehead atoms. The van der Waals surface area contributed by atoms with Gasteiger partial charge in [0.05, 0.1) is 17.9 Å². The molecule has 0 aliphatic carbocycles. The smallest absolute Gasteiger partial charge is 0.306 e. The third-order valence-corrected chi connectivity index (χ3v) is 5.18. The Balaban J connectivity index is 1.65. The second kappa shape index (κ2) is 9.51. The summed E-state index contributed by atoms with van der Waals surface area (Å²) in [6.45, 7) is 0.0566. The van der Waals surface area contributed by atoms with E-state index in [4.69, 9.17) is 22.1 Å². The summed E-state index contributed by atoms with van der Waals surface area (Å²) in [5.41, 5.74) is 3.31. The molecule has 1 aliphatic heterocycles. The lowest BCUT2D eigenvalue weighted by atomic mass is 10.2. The molecule has 2 N–H and O–H groups in total. The van der Waals surface area contributed by atoms with E-state index in [1.807, 2.05) is 0 Å². The molecule has 0 unspecified atom stereocenters. The Morgan fingerprint density at radius 3 is 2.47 bits per heavy atom. The first kappa shape index (κ1) is 21.5. The number of carboxylic acid groups (broad SMARTS) is 1. The Morgan fingerprint density at radius 2 is 1.83 bits per heavy atom. The third kappa shape index (κ3) is 5.43.